The van der Waals surface area contributed by atoms with Crippen molar-refractivity contribution in [1.82, 2.24) is 5.32 Å². The highest BCUT2D eigenvalue weighted by molar-refractivity contribution is 5.85. The molecule has 22 heavy (non-hydrogen) atoms. The lowest BCUT2D eigenvalue weighted by Crippen LogP contribution is -2.32. The fourth-order valence-corrected chi connectivity index (χ4v) is 2.05. The van der Waals surface area contributed by atoms with Crippen LogP contribution in [0.4, 0.5) is 13.2 Å². The van der Waals surface area contributed by atoms with Crippen LogP contribution < -0.4 is 11.1 Å². The molecule has 1 atom stereocenters. The lowest BCUT2D eigenvalue weighted by Gasteiger charge is -2.24. The molecule has 0 spiro atoms. The normalized spacial score (nSPS) is 12.7. The van der Waals surface area contributed by atoms with Gasteiger partial charge in [-0.05, 0) is 36.6 Å². The lowest BCUT2D eigenvalue weighted by molar-refractivity contribution is -0.137. The number of rotatable bonds is 6. The third-order valence-electron chi connectivity index (χ3n) is 3.16. The molecule has 1 amide bonds. The third-order valence-corrected chi connectivity index (χ3v) is 3.16. The zero-order valence-corrected chi connectivity index (χ0v) is 13.4. The van der Waals surface area contributed by atoms with Gasteiger partial charge in [-0.25, -0.2) is 0 Å². The standard InChI is InChI=1S/C15H21F3N2O.ClH/c1-10(2)14(20-13(21)7-4-8-19)11-5-3-6-12(9-11)15(16,17)18;/h3,5-6,9-10,14H,4,7-8,19H2,1-2H3,(H,20,21);1H. The Labute approximate surface area is 134 Å². The number of hydrogen-bond acceptors (Lipinski definition) is 2. The summed E-state index contributed by atoms with van der Waals surface area (Å²) in [6, 6.07) is 4.63. The molecule has 0 radical (unpaired) electrons. The predicted molar refractivity (Wildman–Crippen MR) is 82.7 cm³/mol. The summed E-state index contributed by atoms with van der Waals surface area (Å²) in [5, 5.41) is 2.78. The minimum atomic E-state index is -4.39. The molecule has 1 unspecified atom stereocenters. The van der Waals surface area contributed by atoms with E-state index >= 15 is 0 Å². The summed E-state index contributed by atoms with van der Waals surface area (Å²) >= 11 is 0. The van der Waals surface area contributed by atoms with Gasteiger partial charge in [-0.3, -0.25) is 4.79 Å². The Hall–Kier alpha value is -1.27. The van der Waals surface area contributed by atoms with Crippen molar-refractivity contribution in [2.45, 2.75) is 38.9 Å². The van der Waals surface area contributed by atoms with Gasteiger partial charge in [0.25, 0.3) is 0 Å². The monoisotopic (exact) mass is 338 g/mol. The van der Waals surface area contributed by atoms with Gasteiger partial charge in [0.15, 0.2) is 0 Å². The van der Waals surface area contributed by atoms with Gasteiger partial charge in [-0.15, -0.1) is 12.4 Å². The van der Waals surface area contributed by atoms with Crippen LogP contribution in [0.15, 0.2) is 24.3 Å². The third kappa shape index (κ3) is 6.23. The van der Waals surface area contributed by atoms with Crippen LogP contribution in [-0.4, -0.2) is 12.5 Å². The quantitative estimate of drug-likeness (QED) is 0.831. The van der Waals surface area contributed by atoms with Crippen LogP contribution in [0.1, 0.15) is 43.9 Å². The zero-order valence-electron chi connectivity index (χ0n) is 12.6. The molecule has 0 aliphatic carbocycles. The van der Waals surface area contributed by atoms with Gasteiger partial charge >= 0.3 is 6.18 Å². The van der Waals surface area contributed by atoms with Gasteiger partial charge in [0, 0.05) is 6.42 Å². The van der Waals surface area contributed by atoms with E-state index in [2.05, 4.69) is 5.32 Å². The number of nitrogens with one attached hydrogen (secondary N) is 1. The Kier molecular flexibility index (Phi) is 8.48. The van der Waals surface area contributed by atoms with E-state index in [-0.39, 0.29) is 30.7 Å². The van der Waals surface area contributed by atoms with Crippen molar-refractivity contribution in [3.05, 3.63) is 35.4 Å². The van der Waals surface area contributed by atoms with Gasteiger partial charge in [0.1, 0.15) is 0 Å². The van der Waals surface area contributed by atoms with Crippen molar-refractivity contribution < 1.29 is 18.0 Å². The predicted octanol–water partition coefficient (Wildman–Crippen LogP) is 3.68. The number of carbonyl (C=O) groups excluding carboxylic acids is 1. The van der Waals surface area contributed by atoms with Gasteiger partial charge in [0.05, 0.1) is 11.6 Å². The Morgan fingerprint density at radius 3 is 2.45 bits per heavy atom. The molecule has 0 aliphatic heterocycles. The van der Waals surface area contributed by atoms with Gasteiger partial charge < -0.3 is 11.1 Å². The molecule has 3 nitrogen and oxygen atoms in total. The summed E-state index contributed by atoms with van der Waals surface area (Å²) in [6.45, 7) is 4.12. The number of alkyl halides is 3. The summed E-state index contributed by atoms with van der Waals surface area (Å²) < 4.78 is 38.3. The second-order valence-electron chi connectivity index (χ2n) is 5.30. The summed E-state index contributed by atoms with van der Waals surface area (Å²) in [6.07, 6.45) is -3.56. The van der Waals surface area contributed by atoms with Crippen molar-refractivity contribution in [1.29, 1.82) is 0 Å². The second kappa shape index (κ2) is 9.00. The smallest absolute Gasteiger partial charge is 0.349 e. The molecule has 1 aromatic rings. The van der Waals surface area contributed by atoms with E-state index in [9.17, 15) is 18.0 Å². The molecule has 1 rings (SSSR count). The molecule has 0 saturated carbocycles. The van der Waals surface area contributed by atoms with Crippen molar-refractivity contribution >= 4 is 18.3 Å². The fourth-order valence-electron chi connectivity index (χ4n) is 2.05. The average molecular weight is 339 g/mol. The van der Waals surface area contributed by atoms with E-state index in [1.54, 1.807) is 6.07 Å². The maximum absolute atomic E-state index is 12.8. The molecule has 0 aromatic heterocycles. The summed E-state index contributed by atoms with van der Waals surface area (Å²) in [5.74, 6) is -0.216. The van der Waals surface area contributed by atoms with E-state index in [4.69, 9.17) is 5.73 Å². The fraction of sp³-hybridized carbons (Fsp3) is 0.533. The molecule has 0 saturated heterocycles. The van der Waals surface area contributed by atoms with E-state index in [0.717, 1.165) is 12.1 Å². The minimum Gasteiger partial charge on any atom is -0.349 e. The van der Waals surface area contributed by atoms with Crippen LogP contribution >= 0.6 is 12.4 Å². The first-order valence-corrected chi connectivity index (χ1v) is 6.92. The topological polar surface area (TPSA) is 55.1 Å². The number of hydrogen-bond donors (Lipinski definition) is 2. The Bertz CT molecular complexity index is 478. The molecule has 0 aliphatic rings. The molecular formula is C15H22ClF3N2O. The first-order chi connectivity index (χ1) is 9.75. The first kappa shape index (κ1) is 20.7. The molecular weight excluding hydrogens is 317 g/mol. The highest BCUT2D eigenvalue weighted by Gasteiger charge is 2.31. The Morgan fingerprint density at radius 2 is 1.95 bits per heavy atom. The Morgan fingerprint density at radius 1 is 1.32 bits per heavy atom. The number of halogens is 4. The SMILES string of the molecule is CC(C)C(NC(=O)CCCN)c1cccc(C(F)(F)F)c1.Cl. The number of benzene rings is 1. The molecule has 0 heterocycles. The lowest BCUT2D eigenvalue weighted by atomic mass is 9.94. The van der Waals surface area contributed by atoms with Crippen molar-refractivity contribution in [2.75, 3.05) is 6.54 Å². The van der Waals surface area contributed by atoms with Gasteiger partial charge in [0.2, 0.25) is 5.91 Å². The molecule has 126 valence electrons. The maximum Gasteiger partial charge on any atom is 0.416 e. The molecule has 7 heteroatoms. The van der Waals surface area contributed by atoms with Crippen LogP contribution in [0, 0.1) is 5.92 Å². The number of amides is 1. The van der Waals surface area contributed by atoms with E-state index < -0.39 is 17.8 Å². The minimum absolute atomic E-state index is 0. The molecule has 3 N–H and O–H groups in total. The molecule has 0 fully saturated rings. The average Bonchev–Trinajstić information content (AvgIpc) is 2.41. The molecule has 1 aromatic carbocycles. The van der Waals surface area contributed by atoms with Crippen LogP contribution in [-0.2, 0) is 11.0 Å². The number of nitrogens with two attached hydrogens (primary N) is 1. The molecule has 0 bridgehead atoms. The highest BCUT2D eigenvalue weighted by atomic mass is 35.5. The van der Waals surface area contributed by atoms with Crippen LogP contribution in [0.5, 0.6) is 0 Å². The van der Waals surface area contributed by atoms with Gasteiger partial charge in [-0.1, -0.05) is 26.0 Å². The maximum atomic E-state index is 12.8. The van der Waals surface area contributed by atoms with Crippen molar-refractivity contribution in [3.8, 4) is 0 Å². The van der Waals surface area contributed by atoms with Crippen molar-refractivity contribution in [3.63, 3.8) is 0 Å². The van der Waals surface area contributed by atoms with Crippen LogP contribution in [0.3, 0.4) is 0 Å². The van der Waals surface area contributed by atoms with E-state index in [0.29, 0.717) is 18.5 Å². The highest BCUT2D eigenvalue weighted by Crippen LogP contribution is 2.32. The zero-order chi connectivity index (χ0) is 16.0. The Balaban J connectivity index is 0.00000441. The summed E-state index contributed by atoms with van der Waals surface area (Å²) in [7, 11) is 0. The summed E-state index contributed by atoms with van der Waals surface area (Å²) in [5.41, 5.74) is 5.09. The number of carbonyl (C=O) groups is 1. The van der Waals surface area contributed by atoms with E-state index in [1.807, 2.05) is 13.8 Å². The second-order valence-corrected chi connectivity index (χ2v) is 5.30. The summed E-state index contributed by atoms with van der Waals surface area (Å²) in [4.78, 5) is 11.8. The first-order valence-electron chi connectivity index (χ1n) is 6.92. The van der Waals surface area contributed by atoms with Crippen LogP contribution in [0.25, 0.3) is 0 Å². The van der Waals surface area contributed by atoms with Gasteiger partial charge in [-0.2, -0.15) is 13.2 Å². The van der Waals surface area contributed by atoms with Crippen LogP contribution in [0.2, 0.25) is 0 Å². The van der Waals surface area contributed by atoms with Crippen molar-refractivity contribution in [2.24, 2.45) is 11.7 Å². The largest absolute Gasteiger partial charge is 0.416 e. The van der Waals surface area contributed by atoms with E-state index in [1.165, 1.54) is 6.07 Å².